The van der Waals surface area contributed by atoms with Crippen LogP contribution in [0.2, 0.25) is 0 Å². The zero-order chi connectivity index (χ0) is 25.8. The number of benzene rings is 1. The van der Waals surface area contributed by atoms with Gasteiger partial charge in [-0.15, -0.1) is 27.8 Å². The molecule has 0 bridgehead atoms. The summed E-state index contributed by atoms with van der Waals surface area (Å²) in [6.07, 6.45) is 4.97. The fourth-order valence-electron chi connectivity index (χ4n) is 5.01. The van der Waals surface area contributed by atoms with E-state index in [4.69, 9.17) is 4.74 Å². The molecule has 0 aliphatic heterocycles. The number of thiophene rings is 2. The molecule has 1 aliphatic carbocycles. The number of hydrogen-bond donors (Lipinski definition) is 1. The molecule has 1 aromatic carbocycles. The Labute approximate surface area is 223 Å². The van der Waals surface area contributed by atoms with Gasteiger partial charge in [0, 0.05) is 18.2 Å². The average molecular weight is 539 g/mol. The Morgan fingerprint density at radius 1 is 1.16 bits per heavy atom. The highest BCUT2D eigenvalue weighted by molar-refractivity contribution is 7.12. The quantitative estimate of drug-likeness (QED) is 0.235. The van der Waals surface area contributed by atoms with E-state index in [0.29, 0.717) is 21.4 Å². The molecule has 1 fully saturated rings. The Bertz CT molecular complexity index is 1290. The second kappa shape index (κ2) is 11.2. The summed E-state index contributed by atoms with van der Waals surface area (Å²) >= 11 is 2.71. The van der Waals surface area contributed by atoms with Crippen LogP contribution in [0.25, 0.3) is 11.0 Å². The van der Waals surface area contributed by atoms with E-state index in [2.05, 4.69) is 22.3 Å². The minimum atomic E-state index is -1.75. The normalized spacial score (nSPS) is 18.4. The van der Waals surface area contributed by atoms with Gasteiger partial charge in [-0.1, -0.05) is 17.3 Å². The van der Waals surface area contributed by atoms with Crippen molar-refractivity contribution in [1.29, 1.82) is 0 Å². The molecular formula is C27H30N4O4S2. The lowest BCUT2D eigenvalue weighted by Crippen LogP contribution is -2.42. The highest BCUT2D eigenvalue weighted by Crippen LogP contribution is 2.38. The fourth-order valence-corrected chi connectivity index (χ4v) is 6.73. The Morgan fingerprint density at radius 3 is 2.49 bits per heavy atom. The first kappa shape index (κ1) is 25.7. The van der Waals surface area contributed by atoms with Crippen LogP contribution >= 0.6 is 22.7 Å². The largest absolute Gasteiger partial charge is 0.460 e. The highest BCUT2D eigenvalue weighted by atomic mass is 32.1. The first-order valence-corrected chi connectivity index (χ1v) is 14.2. The summed E-state index contributed by atoms with van der Waals surface area (Å²) in [5.41, 5.74) is 0.510. The van der Waals surface area contributed by atoms with Crippen LogP contribution in [0.5, 0.6) is 0 Å². The van der Waals surface area contributed by atoms with E-state index in [9.17, 15) is 14.7 Å². The number of hydrogen-bond acceptors (Lipinski definition) is 9. The van der Waals surface area contributed by atoms with Crippen LogP contribution in [0, 0.1) is 0 Å². The fraction of sp³-hybridized carbons (Fsp3) is 0.407. The van der Waals surface area contributed by atoms with Gasteiger partial charge in [0.25, 0.3) is 0 Å². The highest BCUT2D eigenvalue weighted by Gasteiger charge is 2.45. The van der Waals surface area contributed by atoms with Crippen LogP contribution in [0.3, 0.4) is 0 Å². The van der Waals surface area contributed by atoms with E-state index < -0.39 is 11.6 Å². The molecule has 3 heterocycles. The van der Waals surface area contributed by atoms with Crippen molar-refractivity contribution in [2.75, 3.05) is 13.6 Å². The van der Waals surface area contributed by atoms with Crippen molar-refractivity contribution in [2.24, 2.45) is 0 Å². The zero-order valence-corrected chi connectivity index (χ0v) is 22.3. The number of esters is 1. The summed E-state index contributed by atoms with van der Waals surface area (Å²) in [5.74, 6) is -0.588. The van der Waals surface area contributed by atoms with Crippen molar-refractivity contribution < 1.29 is 19.4 Å². The molecule has 1 saturated carbocycles. The molecule has 3 aromatic heterocycles. The lowest BCUT2D eigenvalue weighted by molar-refractivity contribution is -0.169. The number of rotatable bonds is 10. The summed E-state index contributed by atoms with van der Waals surface area (Å²) in [4.78, 5) is 27.7. The molecule has 1 N–H and O–H groups in total. The first-order valence-electron chi connectivity index (χ1n) is 12.5. The number of nitrogens with zero attached hydrogens (tertiary/aromatic N) is 4. The van der Waals surface area contributed by atoms with E-state index in [1.54, 1.807) is 24.3 Å². The lowest BCUT2D eigenvalue weighted by Gasteiger charge is -2.35. The van der Waals surface area contributed by atoms with Crippen LogP contribution < -0.4 is 0 Å². The number of aldehydes is 1. The van der Waals surface area contributed by atoms with Gasteiger partial charge in [0.05, 0.1) is 15.3 Å². The topological polar surface area (TPSA) is 97.5 Å². The zero-order valence-electron chi connectivity index (χ0n) is 20.7. The summed E-state index contributed by atoms with van der Waals surface area (Å²) in [5, 5.41) is 23.6. The Kier molecular flexibility index (Phi) is 7.80. The van der Waals surface area contributed by atoms with E-state index in [1.165, 1.54) is 22.7 Å². The van der Waals surface area contributed by atoms with Crippen molar-refractivity contribution >= 4 is 46.0 Å². The molecule has 0 unspecified atom stereocenters. The minimum Gasteiger partial charge on any atom is -0.460 e. The van der Waals surface area contributed by atoms with Crippen LogP contribution in [0.15, 0.2) is 53.2 Å². The Morgan fingerprint density at radius 2 is 1.86 bits per heavy atom. The molecule has 194 valence electrons. The van der Waals surface area contributed by atoms with Gasteiger partial charge in [0.15, 0.2) is 0 Å². The molecule has 0 atom stereocenters. The Hall–Kier alpha value is -2.92. The molecule has 5 rings (SSSR count). The number of ether oxygens (including phenoxy) is 1. The third kappa shape index (κ3) is 5.38. The molecule has 4 aromatic rings. The molecular weight excluding hydrogens is 508 g/mol. The molecule has 0 saturated heterocycles. The monoisotopic (exact) mass is 538 g/mol. The maximum Gasteiger partial charge on any atom is 0.349 e. The summed E-state index contributed by atoms with van der Waals surface area (Å²) < 4.78 is 7.77. The first-order chi connectivity index (χ1) is 18.0. The maximum absolute atomic E-state index is 13.2. The minimum absolute atomic E-state index is 0.193. The van der Waals surface area contributed by atoms with Crippen LogP contribution in [-0.2, 0) is 21.7 Å². The van der Waals surface area contributed by atoms with E-state index in [-0.39, 0.29) is 6.10 Å². The summed E-state index contributed by atoms with van der Waals surface area (Å²) in [6.45, 7) is 1.66. The average Bonchev–Trinajstić information content (AvgIpc) is 3.71. The predicted octanol–water partition coefficient (Wildman–Crippen LogP) is 4.48. The van der Waals surface area contributed by atoms with Gasteiger partial charge < -0.3 is 14.7 Å². The van der Waals surface area contributed by atoms with Gasteiger partial charge in [0.1, 0.15) is 17.9 Å². The van der Waals surface area contributed by atoms with Crippen LogP contribution in [-0.4, -0.2) is 63.0 Å². The number of carbonyl (C=O) groups excluding carboxylic acids is 2. The van der Waals surface area contributed by atoms with Crippen molar-refractivity contribution in [2.45, 2.75) is 56.4 Å². The molecule has 0 radical (unpaired) electrons. The molecule has 37 heavy (non-hydrogen) atoms. The lowest BCUT2D eigenvalue weighted by atomic mass is 9.91. The van der Waals surface area contributed by atoms with Crippen LogP contribution in [0.1, 0.15) is 52.2 Å². The number of aliphatic hydroxyl groups is 1. The number of aromatic nitrogens is 3. The summed E-state index contributed by atoms with van der Waals surface area (Å²) in [7, 11) is 2.14. The molecule has 0 spiro atoms. The summed E-state index contributed by atoms with van der Waals surface area (Å²) in [6, 6.07) is 13.1. The van der Waals surface area contributed by atoms with Crippen molar-refractivity contribution in [3.8, 4) is 0 Å². The van der Waals surface area contributed by atoms with E-state index in [1.807, 2.05) is 33.6 Å². The predicted molar refractivity (Wildman–Crippen MR) is 144 cm³/mol. The third-order valence-corrected chi connectivity index (χ3v) is 9.10. The SMILES string of the molecule is CN(CCCn1nnc2cc(C=O)ccc21)C1CCC(OC(=O)C(O)(c2cccs2)c2cccs2)CC1. The van der Waals surface area contributed by atoms with Crippen molar-refractivity contribution in [3.05, 3.63) is 68.5 Å². The van der Waals surface area contributed by atoms with Crippen LogP contribution in [0.4, 0.5) is 0 Å². The number of carbonyl (C=O) groups is 2. The van der Waals surface area contributed by atoms with Gasteiger partial charge in [-0.05, 0) is 86.8 Å². The van der Waals surface area contributed by atoms with Gasteiger partial charge in [0.2, 0.25) is 5.60 Å². The van der Waals surface area contributed by atoms with E-state index >= 15 is 0 Å². The Balaban J connectivity index is 1.11. The van der Waals surface area contributed by atoms with Crippen molar-refractivity contribution in [3.63, 3.8) is 0 Å². The third-order valence-electron chi connectivity index (χ3n) is 7.15. The number of fused-ring (bicyclic) bond motifs is 1. The van der Waals surface area contributed by atoms with Gasteiger partial charge >= 0.3 is 5.97 Å². The molecule has 1 aliphatic rings. The second-order valence-corrected chi connectivity index (χ2v) is 11.4. The maximum atomic E-state index is 13.2. The van der Waals surface area contributed by atoms with Crippen molar-refractivity contribution in [1.82, 2.24) is 19.9 Å². The molecule has 8 nitrogen and oxygen atoms in total. The smallest absolute Gasteiger partial charge is 0.349 e. The second-order valence-electron chi connectivity index (χ2n) is 9.51. The van der Waals surface area contributed by atoms with Gasteiger partial charge in [-0.25, -0.2) is 9.48 Å². The number of aryl methyl sites for hydroxylation is 1. The van der Waals surface area contributed by atoms with Gasteiger partial charge in [-0.3, -0.25) is 4.79 Å². The van der Waals surface area contributed by atoms with E-state index in [0.717, 1.165) is 62.5 Å². The standard InChI is InChI=1S/C27H30N4O4S2/c1-30(13-4-14-31-23-12-7-19(18-32)17-22(23)28-29-31)20-8-10-21(11-9-20)35-26(33)27(34,24-5-2-15-36-24)25-6-3-16-37-25/h2-3,5-7,12,15-18,20-21,34H,4,8-11,13-14H2,1H3. The molecule has 0 amide bonds. The van der Waals surface area contributed by atoms with Gasteiger partial charge in [-0.2, -0.15) is 0 Å². The molecule has 10 heteroatoms.